The van der Waals surface area contributed by atoms with E-state index in [1.807, 2.05) is 6.92 Å². The van der Waals surface area contributed by atoms with Crippen molar-refractivity contribution in [3.05, 3.63) is 24.6 Å². The molecule has 4 heteroatoms. The van der Waals surface area contributed by atoms with E-state index in [4.69, 9.17) is 4.84 Å². The van der Waals surface area contributed by atoms with E-state index in [-0.39, 0.29) is 5.41 Å². The summed E-state index contributed by atoms with van der Waals surface area (Å²) in [7, 11) is 2.13. The maximum absolute atomic E-state index is 13.9. The van der Waals surface area contributed by atoms with E-state index in [1.165, 1.54) is 12.8 Å². The Hall–Kier alpha value is -1.32. The molecule has 0 heterocycles. The Balaban J connectivity index is 1.56. The number of alkyl halides is 1. The highest BCUT2D eigenvalue weighted by Gasteiger charge is 2.57. The van der Waals surface area contributed by atoms with Crippen LogP contribution in [0.3, 0.4) is 0 Å². The molecule has 0 amide bonds. The zero-order valence-electron chi connectivity index (χ0n) is 17.7. The molecule has 2 bridgehead atoms. The second-order valence-electron chi connectivity index (χ2n) is 9.91. The summed E-state index contributed by atoms with van der Waals surface area (Å²) < 4.78 is 13.9. The van der Waals surface area contributed by atoms with Crippen molar-refractivity contribution in [1.82, 2.24) is 4.90 Å². The van der Waals surface area contributed by atoms with Gasteiger partial charge in [0.1, 0.15) is 11.4 Å². The van der Waals surface area contributed by atoms with Gasteiger partial charge in [0.15, 0.2) is 0 Å². The molecule has 3 aliphatic rings. The molecule has 0 aliphatic heterocycles. The van der Waals surface area contributed by atoms with Crippen molar-refractivity contribution in [2.75, 3.05) is 13.6 Å². The monoisotopic (exact) mass is 376 g/mol. The smallest absolute Gasteiger partial charge is 0.134 e. The third kappa shape index (κ3) is 4.09. The summed E-state index contributed by atoms with van der Waals surface area (Å²) in [5.74, 6) is 1.16. The minimum atomic E-state index is -0.992. The zero-order valence-corrected chi connectivity index (χ0v) is 17.7. The zero-order chi connectivity index (χ0) is 19.9. The van der Waals surface area contributed by atoms with Gasteiger partial charge >= 0.3 is 0 Å². The number of nitrogens with zero attached hydrogens (tertiary/aromatic N) is 2. The van der Waals surface area contributed by atoms with Crippen LogP contribution in [0.5, 0.6) is 0 Å². The average molecular weight is 377 g/mol. The summed E-state index contributed by atoms with van der Waals surface area (Å²) in [6.07, 6.45) is 9.10. The van der Waals surface area contributed by atoms with Crippen LogP contribution < -0.4 is 0 Å². The summed E-state index contributed by atoms with van der Waals surface area (Å²) in [6, 6.07) is 0. The molecule has 0 aromatic carbocycles. The Morgan fingerprint density at radius 2 is 1.85 bits per heavy atom. The van der Waals surface area contributed by atoms with Crippen LogP contribution in [-0.2, 0) is 4.84 Å². The summed E-state index contributed by atoms with van der Waals surface area (Å²) in [5, 5.41) is 4.29. The quantitative estimate of drug-likeness (QED) is 0.271. The fraction of sp³-hybridized carbons (Fsp3) is 0.783. The van der Waals surface area contributed by atoms with E-state index < -0.39 is 5.67 Å². The summed E-state index contributed by atoms with van der Waals surface area (Å²) in [5.41, 5.74) is 1.56. The molecule has 0 saturated heterocycles. The van der Waals surface area contributed by atoms with E-state index >= 15 is 0 Å². The predicted molar refractivity (Wildman–Crippen MR) is 110 cm³/mol. The van der Waals surface area contributed by atoms with Crippen molar-refractivity contribution in [3.8, 4) is 0 Å². The number of halogens is 1. The molecule has 0 atom stereocenters. The highest BCUT2D eigenvalue weighted by Crippen LogP contribution is 2.64. The first-order valence-corrected chi connectivity index (χ1v) is 10.6. The maximum atomic E-state index is 13.9. The van der Waals surface area contributed by atoms with Gasteiger partial charge in [0.25, 0.3) is 0 Å². The van der Waals surface area contributed by atoms with Crippen LogP contribution in [-0.4, -0.2) is 29.9 Å². The van der Waals surface area contributed by atoms with Crippen molar-refractivity contribution in [3.63, 3.8) is 0 Å². The van der Waals surface area contributed by atoms with Crippen molar-refractivity contribution in [2.45, 2.75) is 84.2 Å². The van der Waals surface area contributed by atoms with Gasteiger partial charge in [0, 0.05) is 30.6 Å². The molecule has 0 radical (unpaired) electrons. The minimum Gasteiger partial charge on any atom is -0.378 e. The first kappa shape index (κ1) is 20.4. The van der Waals surface area contributed by atoms with Crippen LogP contribution in [0.15, 0.2) is 29.8 Å². The second-order valence-corrected chi connectivity index (χ2v) is 9.91. The fourth-order valence-corrected chi connectivity index (χ4v) is 5.68. The third-order valence-electron chi connectivity index (χ3n) is 7.37. The molecule has 0 spiro atoms. The van der Waals surface area contributed by atoms with E-state index in [1.54, 1.807) is 6.92 Å². The molecule has 0 aromatic heterocycles. The minimum absolute atomic E-state index is 0.0894. The Morgan fingerprint density at radius 3 is 2.41 bits per heavy atom. The fourth-order valence-electron chi connectivity index (χ4n) is 5.68. The van der Waals surface area contributed by atoms with Gasteiger partial charge < -0.3 is 9.74 Å². The molecule has 3 aliphatic carbocycles. The highest BCUT2D eigenvalue weighted by atomic mass is 19.1. The summed E-state index contributed by atoms with van der Waals surface area (Å²) in [6.45, 7) is 15.4. The van der Waals surface area contributed by atoms with Crippen molar-refractivity contribution in [1.29, 1.82) is 0 Å². The number of oxime groups is 1. The lowest BCUT2D eigenvalue weighted by Crippen LogP contribution is -2.42. The molecular weight excluding hydrogens is 339 g/mol. The van der Waals surface area contributed by atoms with Gasteiger partial charge in [-0.1, -0.05) is 31.7 Å². The average Bonchev–Trinajstić information content (AvgIpc) is 3.14. The van der Waals surface area contributed by atoms with Crippen LogP contribution in [0.2, 0.25) is 0 Å². The largest absolute Gasteiger partial charge is 0.378 e. The Kier molecular flexibility index (Phi) is 5.48. The molecule has 27 heavy (non-hydrogen) atoms. The van der Waals surface area contributed by atoms with Gasteiger partial charge in [-0.25, -0.2) is 4.39 Å². The standard InChI is InChI=1S/C23H37FN2O/c1-7-8-17(2)25-27-19(4)23-11-9-22(15-23,10-12-23)16-26(6)18(3)20-13-21(5,24)14-20/h20H,3-4,7-16H2,1-2,5-6H3/b25-17+. The number of allylic oxidation sites excluding steroid dienone is 2. The SMILES string of the molecule is C=C(C1CC(C)(F)C1)N(C)CC12CCC(C(=C)O/N=C(\C)CCC)(CC1)C2. The number of rotatable bonds is 9. The van der Waals surface area contributed by atoms with Crippen LogP contribution >= 0.6 is 0 Å². The molecule has 3 nitrogen and oxygen atoms in total. The normalized spacial score (nSPS) is 37.8. The molecule has 3 rings (SSSR count). The van der Waals surface area contributed by atoms with Crippen molar-refractivity contribution >= 4 is 5.71 Å². The van der Waals surface area contributed by atoms with Gasteiger partial charge in [-0.05, 0) is 70.6 Å². The molecule has 3 saturated carbocycles. The Morgan fingerprint density at radius 1 is 1.22 bits per heavy atom. The van der Waals surface area contributed by atoms with Crippen LogP contribution in [0, 0.1) is 16.7 Å². The summed E-state index contributed by atoms with van der Waals surface area (Å²) in [4.78, 5) is 8.07. The Labute approximate surface area is 164 Å². The van der Waals surface area contributed by atoms with Gasteiger partial charge in [-0.3, -0.25) is 0 Å². The number of hydrogen-bond donors (Lipinski definition) is 0. The van der Waals surface area contributed by atoms with Gasteiger partial charge in [0.05, 0.1) is 5.71 Å². The predicted octanol–water partition coefficient (Wildman–Crippen LogP) is 6.23. The van der Waals surface area contributed by atoms with Crippen LogP contribution in [0.4, 0.5) is 4.39 Å². The second kappa shape index (κ2) is 7.25. The molecule has 0 N–H and O–H groups in total. The van der Waals surface area contributed by atoms with Crippen LogP contribution in [0.25, 0.3) is 0 Å². The van der Waals surface area contributed by atoms with Crippen LogP contribution in [0.1, 0.15) is 78.6 Å². The van der Waals surface area contributed by atoms with Crippen molar-refractivity contribution < 1.29 is 9.23 Å². The molecule has 0 unspecified atom stereocenters. The van der Waals surface area contributed by atoms with E-state index in [0.717, 1.165) is 55.8 Å². The number of fused-ring (bicyclic) bond motifs is 2. The molecule has 0 aromatic rings. The highest BCUT2D eigenvalue weighted by molar-refractivity contribution is 5.81. The Bertz CT molecular complexity index is 620. The lowest BCUT2D eigenvalue weighted by Gasteiger charge is -2.44. The lowest BCUT2D eigenvalue weighted by atomic mass is 9.71. The van der Waals surface area contributed by atoms with E-state index in [0.29, 0.717) is 24.2 Å². The van der Waals surface area contributed by atoms with Gasteiger partial charge in [-0.15, -0.1) is 0 Å². The first-order chi connectivity index (χ1) is 12.6. The number of hydrogen-bond acceptors (Lipinski definition) is 3. The molecule has 152 valence electrons. The first-order valence-electron chi connectivity index (χ1n) is 10.6. The third-order valence-corrected chi connectivity index (χ3v) is 7.37. The van der Waals surface area contributed by atoms with E-state index in [9.17, 15) is 4.39 Å². The molecular formula is C23H37FN2O. The molecule has 3 fully saturated rings. The van der Waals surface area contributed by atoms with Crippen molar-refractivity contribution in [2.24, 2.45) is 21.9 Å². The summed E-state index contributed by atoms with van der Waals surface area (Å²) >= 11 is 0. The van der Waals surface area contributed by atoms with Gasteiger partial charge in [0.2, 0.25) is 0 Å². The lowest BCUT2D eigenvalue weighted by molar-refractivity contribution is 0.0279. The topological polar surface area (TPSA) is 24.8 Å². The van der Waals surface area contributed by atoms with E-state index in [2.05, 4.69) is 37.2 Å². The van der Waals surface area contributed by atoms with Gasteiger partial charge in [-0.2, -0.15) is 0 Å². The maximum Gasteiger partial charge on any atom is 0.134 e.